The van der Waals surface area contributed by atoms with E-state index in [0.717, 1.165) is 11.1 Å². The van der Waals surface area contributed by atoms with Gasteiger partial charge in [0.1, 0.15) is 0 Å². The average Bonchev–Trinajstić information content (AvgIpc) is 2.25. The summed E-state index contributed by atoms with van der Waals surface area (Å²) in [6.07, 6.45) is 3.67. The first-order chi connectivity index (χ1) is 8.02. The van der Waals surface area contributed by atoms with Gasteiger partial charge in [-0.05, 0) is 38.7 Å². The SMILES string of the molecule is Cc1c(CNC2(C)CCC2)cccc1[N+](=O)[O-]. The molecule has 0 atom stereocenters. The molecule has 0 aromatic heterocycles. The smallest absolute Gasteiger partial charge is 0.272 e. The van der Waals surface area contributed by atoms with E-state index in [1.165, 1.54) is 19.3 Å². The average molecular weight is 234 g/mol. The molecule has 1 N–H and O–H groups in total. The van der Waals surface area contributed by atoms with Gasteiger partial charge in [-0.25, -0.2) is 0 Å². The van der Waals surface area contributed by atoms with E-state index in [9.17, 15) is 10.1 Å². The molecule has 0 bridgehead atoms. The highest BCUT2D eigenvalue weighted by molar-refractivity contribution is 5.44. The maximum Gasteiger partial charge on any atom is 0.272 e. The third-order valence-electron chi connectivity index (χ3n) is 3.78. The third kappa shape index (κ3) is 2.47. The van der Waals surface area contributed by atoms with Gasteiger partial charge in [-0.3, -0.25) is 10.1 Å². The van der Waals surface area contributed by atoms with E-state index in [4.69, 9.17) is 0 Å². The summed E-state index contributed by atoms with van der Waals surface area (Å²) in [7, 11) is 0. The van der Waals surface area contributed by atoms with Crippen LogP contribution in [-0.4, -0.2) is 10.5 Å². The van der Waals surface area contributed by atoms with Crippen molar-refractivity contribution in [3.63, 3.8) is 0 Å². The molecule has 1 aliphatic carbocycles. The molecule has 0 aliphatic heterocycles. The Morgan fingerprint density at radius 2 is 2.18 bits per heavy atom. The van der Waals surface area contributed by atoms with E-state index in [-0.39, 0.29) is 16.1 Å². The molecule has 1 aromatic rings. The molecule has 4 nitrogen and oxygen atoms in total. The van der Waals surface area contributed by atoms with Gasteiger partial charge in [0.25, 0.3) is 5.69 Å². The first-order valence-corrected chi connectivity index (χ1v) is 6.00. The molecule has 17 heavy (non-hydrogen) atoms. The number of hydrogen-bond acceptors (Lipinski definition) is 3. The van der Waals surface area contributed by atoms with Gasteiger partial charge in [0.2, 0.25) is 0 Å². The highest BCUT2D eigenvalue weighted by Gasteiger charge is 2.31. The van der Waals surface area contributed by atoms with Crippen LogP contribution in [0.2, 0.25) is 0 Å². The Bertz CT molecular complexity index is 439. The number of nitrogens with one attached hydrogen (secondary N) is 1. The minimum Gasteiger partial charge on any atom is -0.307 e. The standard InChI is InChI=1S/C13H18N2O2/c1-10-11(5-3-6-12(10)15(16)17)9-14-13(2)7-4-8-13/h3,5-6,14H,4,7-9H2,1-2H3. The summed E-state index contributed by atoms with van der Waals surface area (Å²) in [4.78, 5) is 10.5. The molecule has 0 saturated heterocycles. The summed E-state index contributed by atoms with van der Waals surface area (Å²) < 4.78 is 0. The van der Waals surface area contributed by atoms with Gasteiger partial charge < -0.3 is 5.32 Å². The highest BCUT2D eigenvalue weighted by Crippen LogP contribution is 2.31. The van der Waals surface area contributed by atoms with Gasteiger partial charge in [-0.15, -0.1) is 0 Å². The Balaban J connectivity index is 2.10. The van der Waals surface area contributed by atoms with Crippen molar-refractivity contribution in [1.82, 2.24) is 5.32 Å². The number of nitro benzene ring substituents is 1. The monoisotopic (exact) mass is 234 g/mol. The van der Waals surface area contributed by atoms with E-state index in [2.05, 4.69) is 12.2 Å². The van der Waals surface area contributed by atoms with Crippen LogP contribution in [-0.2, 0) is 6.54 Å². The van der Waals surface area contributed by atoms with Crippen molar-refractivity contribution in [3.05, 3.63) is 39.4 Å². The zero-order valence-electron chi connectivity index (χ0n) is 10.3. The largest absolute Gasteiger partial charge is 0.307 e. The van der Waals surface area contributed by atoms with Gasteiger partial charge in [-0.1, -0.05) is 12.1 Å². The van der Waals surface area contributed by atoms with Crippen LogP contribution in [0.15, 0.2) is 18.2 Å². The number of rotatable bonds is 4. The molecule has 0 amide bonds. The molecule has 1 fully saturated rings. The maximum atomic E-state index is 10.8. The molecule has 92 valence electrons. The van der Waals surface area contributed by atoms with Crippen LogP contribution >= 0.6 is 0 Å². The predicted molar refractivity (Wildman–Crippen MR) is 66.9 cm³/mol. The van der Waals surface area contributed by atoms with Crippen LogP contribution in [0.25, 0.3) is 0 Å². The Morgan fingerprint density at radius 3 is 2.71 bits per heavy atom. The van der Waals surface area contributed by atoms with Crippen LogP contribution in [0.5, 0.6) is 0 Å². The minimum absolute atomic E-state index is 0.211. The molecule has 1 saturated carbocycles. The molecule has 1 aliphatic rings. The van der Waals surface area contributed by atoms with Crippen molar-refractivity contribution in [1.29, 1.82) is 0 Å². The molecular formula is C13H18N2O2. The van der Waals surface area contributed by atoms with Crippen molar-refractivity contribution in [2.24, 2.45) is 0 Å². The molecule has 0 heterocycles. The maximum absolute atomic E-state index is 10.8. The van der Waals surface area contributed by atoms with E-state index >= 15 is 0 Å². The topological polar surface area (TPSA) is 55.2 Å². The fraction of sp³-hybridized carbons (Fsp3) is 0.538. The quantitative estimate of drug-likeness (QED) is 0.643. The summed E-state index contributed by atoms with van der Waals surface area (Å²) >= 11 is 0. The van der Waals surface area contributed by atoms with Crippen LogP contribution < -0.4 is 5.32 Å². The Morgan fingerprint density at radius 1 is 1.47 bits per heavy atom. The summed E-state index contributed by atoms with van der Waals surface area (Å²) in [5.41, 5.74) is 2.24. The predicted octanol–water partition coefficient (Wildman–Crippen LogP) is 2.94. The van der Waals surface area contributed by atoms with Crippen molar-refractivity contribution in [2.75, 3.05) is 0 Å². The lowest BCUT2D eigenvalue weighted by Gasteiger charge is -2.39. The van der Waals surface area contributed by atoms with Gasteiger partial charge in [-0.2, -0.15) is 0 Å². The lowest BCUT2D eigenvalue weighted by molar-refractivity contribution is -0.385. The van der Waals surface area contributed by atoms with Crippen LogP contribution in [0.1, 0.15) is 37.3 Å². The van der Waals surface area contributed by atoms with Crippen molar-refractivity contribution < 1.29 is 4.92 Å². The van der Waals surface area contributed by atoms with Gasteiger partial charge in [0.05, 0.1) is 4.92 Å². The molecular weight excluding hydrogens is 216 g/mol. The summed E-state index contributed by atoms with van der Waals surface area (Å²) in [5.74, 6) is 0. The summed E-state index contributed by atoms with van der Waals surface area (Å²) in [5, 5.41) is 14.3. The normalized spacial score (nSPS) is 17.5. The first kappa shape index (κ1) is 12.0. The number of hydrogen-bond donors (Lipinski definition) is 1. The first-order valence-electron chi connectivity index (χ1n) is 6.00. The second kappa shape index (κ2) is 4.45. The molecule has 4 heteroatoms. The molecule has 2 rings (SSSR count). The molecule has 0 unspecified atom stereocenters. The molecule has 1 aromatic carbocycles. The van der Waals surface area contributed by atoms with Crippen LogP contribution in [0.3, 0.4) is 0 Å². The van der Waals surface area contributed by atoms with Crippen LogP contribution in [0.4, 0.5) is 5.69 Å². The zero-order chi connectivity index (χ0) is 12.5. The molecule has 0 spiro atoms. The summed E-state index contributed by atoms with van der Waals surface area (Å²) in [6, 6.07) is 5.27. The number of nitro groups is 1. The van der Waals surface area contributed by atoms with Crippen molar-refractivity contribution >= 4 is 5.69 Å². The van der Waals surface area contributed by atoms with E-state index in [1.54, 1.807) is 12.1 Å². The lowest BCUT2D eigenvalue weighted by Crippen LogP contribution is -2.47. The van der Waals surface area contributed by atoms with Gasteiger partial charge in [0, 0.05) is 23.7 Å². The Hall–Kier alpha value is -1.42. The fourth-order valence-electron chi connectivity index (χ4n) is 2.25. The Kier molecular flexibility index (Phi) is 3.15. The van der Waals surface area contributed by atoms with Gasteiger partial charge >= 0.3 is 0 Å². The second-order valence-electron chi connectivity index (χ2n) is 5.09. The highest BCUT2D eigenvalue weighted by atomic mass is 16.6. The Labute approximate surface area is 101 Å². The zero-order valence-corrected chi connectivity index (χ0v) is 10.3. The van der Waals surface area contributed by atoms with Gasteiger partial charge in [0.15, 0.2) is 0 Å². The van der Waals surface area contributed by atoms with Crippen molar-refractivity contribution in [3.8, 4) is 0 Å². The lowest BCUT2D eigenvalue weighted by atomic mass is 9.78. The summed E-state index contributed by atoms with van der Waals surface area (Å²) in [6.45, 7) is 4.74. The van der Waals surface area contributed by atoms with E-state index in [0.29, 0.717) is 6.54 Å². The number of nitrogens with zero attached hydrogens (tertiary/aromatic N) is 1. The second-order valence-corrected chi connectivity index (χ2v) is 5.09. The molecule has 0 radical (unpaired) electrons. The van der Waals surface area contributed by atoms with E-state index in [1.807, 2.05) is 13.0 Å². The minimum atomic E-state index is -0.316. The number of benzene rings is 1. The third-order valence-corrected chi connectivity index (χ3v) is 3.78. The fourth-order valence-corrected chi connectivity index (χ4v) is 2.25. The van der Waals surface area contributed by atoms with E-state index < -0.39 is 0 Å². The van der Waals surface area contributed by atoms with Crippen LogP contribution in [0, 0.1) is 17.0 Å². The van der Waals surface area contributed by atoms with Crippen molar-refractivity contribution in [2.45, 2.75) is 45.2 Å².